The molecule has 0 aliphatic rings. The Morgan fingerprint density at radius 1 is 1.32 bits per heavy atom. The third-order valence-electron chi connectivity index (χ3n) is 2.82. The molecule has 0 fully saturated rings. The molecule has 2 N–H and O–H groups in total. The number of nitrogen functional groups attached to an aromatic ring is 1. The van der Waals surface area contributed by atoms with E-state index in [1.54, 1.807) is 0 Å². The molecule has 1 aromatic carbocycles. The van der Waals surface area contributed by atoms with E-state index >= 15 is 0 Å². The van der Waals surface area contributed by atoms with Gasteiger partial charge in [0, 0.05) is 22.7 Å². The number of methoxy groups -OCH3 is 1. The second-order valence-corrected chi connectivity index (χ2v) is 4.41. The molecule has 0 unspecified atom stereocenters. The van der Waals surface area contributed by atoms with Gasteiger partial charge in [0.1, 0.15) is 11.4 Å². The van der Waals surface area contributed by atoms with Crippen molar-refractivity contribution >= 4 is 28.2 Å². The Bertz CT molecular complexity index is 656. The number of anilines is 1. The summed E-state index contributed by atoms with van der Waals surface area (Å²) in [5.41, 5.74) is 4.74. The van der Waals surface area contributed by atoms with E-state index in [1.165, 1.54) is 26.2 Å². The van der Waals surface area contributed by atoms with Crippen molar-refractivity contribution in [1.29, 1.82) is 0 Å². The number of fused-ring (bicyclic) bond motifs is 1. The number of pyridine rings is 1. The molecule has 0 atom stereocenters. The number of hydrogen-bond acceptors (Lipinski definition) is 3. The molecular weight excluding hydrogens is 281 g/mol. The van der Waals surface area contributed by atoms with Crippen LogP contribution in [0.4, 0.5) is 18.9 Å². The number of nitrogens with zero attached hydrogens (tertiary/aromatic N) is 1. The van der Waals surface area contributed by atoms with Crippen molar-refractivity contribution in [2.24, 2.45) is 0 Å². The largest absolute Gasteiger partial charge is 0.495 e. The van der Waals surface area contributed by atoms with E-state index in [-0.39, 0.29) is 27.5 Å². The molecule has 7 heteroatoms. The van der Waals surface area contributed by atoms with Gasteiger partial charge in [-0.15, -0.1) is 0 Å². The molecular formula is C12H10ClF3N2O. The van der Waals surface area contributed by atoms with E-state index in [2.05, 4.69) is 4.98 Å². The first-order valence-corrected chi connectivity index (χ1v) is 5.64. The normalized spacial score (nSPS) is 11.9. The molecule has 1 aromatic heterocycles. The fourth-order valence-corrected chi connectivity index (χ4v) is 2.06. The molecule has 0 spiro atoms. The summed E-state index contributed by atoms with van der Waals surface area (Å²) in [6, 6.07) is 2.79. The third-order valence-corrected chi connectivity index (χ3v) is 3.12. The van der Waals surface area contributed by atoms with Crippen LogP contribution in [0.3, 0.4) is 0 Å². The van der Waals surface area contributed by atoms with Crippen LogP contribution in [-0.4, -0.2) is 12.1 Å². The summed E-state index contributed by atoms with van der Waals surface area (Å²) in [5.74, 6) is 0.248. The second kappa shape index (κ2) is 4.45. The zero-order valence-electron chi connectivity index (χ0n) is 10.1. The summed E-state index contributed by atoms with van der Waals surface area (Å²) in [5, 5.41) is 0.638. The quantitative estimate of drug-likeness (QED) is 0.869. The molecule has 2 rings (SSSR count). The Morgan fingerprint density at radius 3 is 2.47 bits per heavy atom. The Hall–Kier alpha value is -1.69. The van der Waals surface area contributed by atoms with Crippen LogP contribution in [0.15, 0.2) is 12.1 Å². The van der Waals surface area contributed by atoms with Gasteiger partial charge in [-0.05, 0) is 13.0 Å². The predicted molar refractivity (Wildman–Crippen MR) is 67.5 cm³/mol. The second-order valence-electron chi connectivity index (χ2n) is 4.00. The number of rotatable bonds is 1. The molecule has 19 heavy (non-hydrogen) atoms. The Morgan fingerprint density at radius 2 is 1.95 bits per heavy atom. The molecule has 0 aliphatic heterocycles. The molecule has 0 bridgehead atoms. The average molecular weight is 291 g/mol. The highest BCUT2D eigenvalue weighted by Crippen LogP contribution is 2.38. The van der Waals surface area contributed by atoms with Crippen LogP contribution in [0.2, 0.25) is 5.02 Å². The predicted octanol–water partition coefficient (Wildman–Crippen LogP) is 3.81. The van der Waals surface area contributed by atoms with Crippen molar-refractivity contribution in [3.8, 4) is 5.75 Å². The van der Waals surface area contributed by atoms with Crippen molar-refractivity contribution in [1.82, 2.24) is 4.98 Å². The fraction of sp³-hybridized carbons (Fsp3) is 0.250. The molecule has 2 aromatic rings. The summed E-state index contributed by atoms with van der Waals surface area (Å²) in [6.45, 7) is 1.28. The van der Waals surface area contributed by atoms with Crippen LogP contribution < -0.4 is 10.5 Å². The summed E-state index contributed by atoms with van der Waals surface area (Å²) in [4.78, 5) is 3.61. The monoisotopic (exact) mass is 290 g/mol. The first-order chi connectivity index (χ1) is 8.75. The van der Waals surface area contributed by atoms with Gasteiger partial charge in [-0.2, -0.15) is 13.2 Å². The van der Waals surface area contributed by atoms with Crippen LogP contribution in [0, 0.1) is 6.92 Å². The number of nitrogens with two attached hydrogens (primary N) is 1. The van der Waals surface area contributed by atoms with Crippen molar-refractivity contribution in [2.45, 2.75) is 13.1 Å². The maximum Gasteiger partial charge on any atom is 0.433 e. The first-order valence-electron chi connectivity index (χ1n) is 5.26. The molecule has 0 saturated carbocycles. The molecule has 0 saturated heterocycles. The first kappa shape index (κ1) is 13.7. The lowest BCUT2D eigenvalue weighted by atomic mass is 10.1. The van der Waals surface area contributed by atoms with E-state index in [1.807, 2.05) is 0 Å². The number of aromatic nitrogens is 1. The number of benzene rings is 1. The molecule has 3 nitrogen and oxygen atoms in total. The third kappa shape index (κ3) is 2.28. The number of alkyl halides is 3. The lowest BCUT2D eigenvalue weighted by Gasteiger charge is -2.14. The van der Waals surface area contributed by atoms with Gasteiger partial charge in [-0.1, -0.05) is 11.6 Å². The highest BCUT2D eigenvalue weighted by molar-refractivity contribution is 6.33. The minimum atomic E-state index is -4.56. The summed E-state index contributed by atoms with van der Waals surface area (Å²) >= 11 is 5.93. The minimum absolute atomic E-state index is 0.0156. The topological polar surface area (TPSA) is 48.1 Å². The van der Waals surface area contributed by atoms with E-state index in [9.17, 15) is 13.2 Å². The smallest absolute Gasteiger partial charge is 0.433 e. The molecule has 102 valence electrons. The van der Waals surface area contributed by atoms with E-state index in [4.69, 9.17) is 22.1 Å². The van der Waals surface area contributed by atoms with Crippen LogP contribution in [0.25, 0.3) is 10.9 Å². The molecule has 0 amide bonds. The number of halogens is 4. The zero-order chi connectivity index (χ0) is 14.4. The van der Waals surface area contributed by atoms with Gasteiger partial charge >= 0.3 is 6.18 Å². The molecule has 0 aliphatic carbocycles. The van der Waals surface area contributed by atoms with Gasteiger partial charge in [-0.25, -0.2) is 4.98 Å². The highest BCUT2D eigenvalue weighted by atomic mass is 35.5. The van der Waals surface area contributed by atoms with Gasteiger partial charge in [0.2, 0.25) is 0 Å². The van der Waals surface area contributed by atoms with E-state index < -0.39 is 11.9 Å². The fourth-order valence-electron chi connectivity index (χ4n) is 1.82. The lowest BCUT2D eigenvalue weighted by Crippen LogP contribution is -2.12. The van der Waals surface area contributed by atoms with Crippen molar-refractivity contribution in [2.75, 3.05) is 12.8 Å². The number of ether oxygens (including phenoxy) is 1. The highest BCUT2D eigenvalue weighted by Gasteiger charge is 2.35. The Balaban J connectivity index is 2.85. The van der Waals surface area contributed by atoms with Crippen molar-refractivity contribution in [3.63, 3.8) is 0 Å². The SMILES string of the molecule is COc1cc2nc(C(F)(F)F)c(C)c(N)c2cc1Cl. The van der Waals surface area contributed by atoms with Gasteiger partial charge in [0.05, 0.1) is 17.6 Å². The zero-order valence-corrected chi connectivity index (χ0v) is 10.9. The van der Waals surface area contributed by atoms with E-state index in [0.717, 1.165) is 0 Å². The molecule has 0 radical (unpaired) electrons. The average Bonchev–Trinajstić information content (AvgIpc) is 2.32. The van der Waals surface area contributed by atoms with Crippen LogP contribution in [0.5, 0.6) is 5.75 Å². The Labute approximate surface area is 112 Å². The van der Waals surface area contributed by atoms with Crippen LogP contribution in [0.1, 0.15) is 11.3 Å². The van der Waals surface area contributed by atoms with Gasteiger partial charge in [0.15, 0.2) is 0 Å². The van der Waals surface area contributed by atoms with Crippen LogP contribution in [-0.2, 0) is 6.18 Å². The minimum Gasteiger partial charge on any atom is -0.495 e. The summed E-state index contributed by atoms with van der Waals surface area (Å²) < 4.78 is 43.5. The summed E-state index contributed by atoms with van der Waals surface area (Å²) in [6.07, 6.45) is -4.56. The molecule has 1 heterocycles. The standard InChI is InChI=1S/C12H10ClF3N2O/c1-5-10(17)6-3-7(13)9(19-2)4-8(6)18-11(5)12(14,15)16/h3-4H,1-2H3,(H2,17,18). The maximum absolute atomic E-state index is 12.8. The van der Waals surface area contributed by atoms with Gasteiger partial charge in [-0.3, -0.25) is 0 Å². The summed E-state index contributed by atoms with van der Waals surface area (Å²) in [7, 11) is 1.37. The lowest BCUT2D eigenvalue weighted by molar-refractivity contribution is -0.141. The van der Waals surface area contributed by atoms with Gasteiger partial charge < -0.3 is 10.5 Å². The van der Waals surface area contributed by atoms with Crippen molar-refractivity contribution < 1.29 is 17.9 Å². The maximum atomic E-state index is 12.8. The van der Waals surface area contributed by atoms with E-state index in [0.29, 0.717) is 5.39 Å². The Kier molecular flexibility index (Phi) is 3.22. The van der Waals surface area contributed by atoms with Gasteiger partial charge in [0.25, 0.3) is 0 Å². The van der Waals surface area contributed by atoms with Crippen LogP contribution >= 0.6 is 11.6 Å². The number of hydrogen-bond donors (Lipinski definition) is 1. The van der Waals surface area contributed by atoms with Crippen molar-refractivity contribution in [3.05, 3.63) is 28.4 Å².